The zero-order chi connectivity index (χ0) is 17.1. The molecule has 0 fully saturated rings. The number of halogens is 1. The Kier molecular flexibility index (Phi) is 4.72. The molecule has 1 aliphatic rings. The summed E-state index contributed by atoms with van der Waals surface area (Å²) in [5.74, 6) is 0.749. The second kappa shape index (κ2) is 7.30. The molecule has 2 heterocycles. The lowest BCUT2D eigenvalue weighted by atomic mass is 9.92. The maximum absolute atomic E-state index is 6.26. The van der Waals surface area contributed by atoms with E-state index in [9.17, 15) is 0 Å². The summed E-state index contributed by atoms with van der Waals surface area (Å²) in [5, 5.41) is 4.42. The highest BCUT2D eigenvalue weighted by Crippen LogP contribution is 2.30. The molecule has 0 aliphatic heterocycles. The first-order valence-electron chi connectivity index (χ1n) is 8.54. The van der Waals surface area contributed by atoms with Gasteiger partial charge in [0.15, 0.2) is 5.82 Å². The Hall–Kier alpha value is -2.30. The first kappa shape index (κ1) is 16.2. The molecule has 0 amide bonds. The van der Waals surface area contributed by atoms with Gasteiger partial charge in [0.2, 0.25) is 0 Å². The molecule has 2 aromatic heterocycles. The summed E-state index contributed by atoms with van der Waals surface area (Å²) >= 11 is 6.26. The fourth-order valence-corrected chi connectivity index (χ4v) is 3.47. The largest absolute Gasteiger partial charge is 0.306 e. The van der Waals surface area contributed by atoms with Crippen LogP contribution in [0.3, 0.4) is 0 Å². The Morgan fingerprint density at radius 3 is 2.88 bits per heavy atom. The molecule has 0 saturated heterocycles. The second-order valence-electron chi connectivity index (χ2n) is 6.25. The quantitative estimate of drug-likeness (QED) is 0.759. The van der Waals surface area contributed by atoms with Crippen LogP contribution in [0.25, 0.3) is 11.4 Å². The van der Waals surface area contributed by atoms with Crippen LogP contribution in [0.1, 0.15) is 35.7 Å². The molecule has 1 atom stereocenters. The van der Waals surface area contributed by atoms with Crippen molar-refractivity contribution in [2.45, 2.75) is 31.8 Å². The number of nitrogens with zero attached hydrogens (tertiary/aromatic N) is 3. The number of pyridine rings is 1. The van der Waals surface area contributed by atoms with Crippen molar-refractivity contribution in [3.63, 3.8) is 0 Å². The first-order chi connectivity index (χ1) is 12.3. The van der Waals surface area contributed by atoms with Crippen molar-refractivity contribution in [2.24, 2.45) is 0 Å². The normalized spacial score (nSPS) is 16.4. The summed E-state index contributed by atoms with van der Waals surface area (Å²) in [4.78, 5) is 13.5. The first-order valence-corrected chi connectivity index (χ1v) is 8.92. The van der Waals surface area contributed by atoms with Gasteiger partial charge >= 0.3 is 0 Å². The summed E-state index contributed by atoms with van der Waals surface area (Å²) in [6.07, 6.45) is 8.74. The van der Waals surface area contributed by atoms with E-state index in [1.165, 1.54) is 5.56 Å². The molecule has 1 aromatic carbocycles. The van der Waals surface area contributed by atoms with Gasteiger partial charge in [-0.25, -0.2) is 9.97 Å². The fourth-order valence-electron chi connectivity index (χ4n) is 3.27. The lowest BCUT2D eigenvalue weighted by Gasteiger charge is -2.26. The fraction of sp³-hybridized carbons (Fsp3) is 0.250. The molecule has 0 saturated carbocycles. The standard InChI is InChI=1S/C20H19ClN4/c21-17-7-2-1-5-14(17)12-23-18-8-3-9-19-16(18)13-24-20(25-19)15-6-4-10-22-11-15/h1-2,4-7,10-11,13,18,23H,3,8-9,12H2. The number of aryl methyl sites for hydroxylation is 1. The highest BCUT2D eigenvalue weighted by Gasteiger charge is 2.22. The molecule has 1 unspecified atom stereocenters. The molecule has 0 bridgehead atoms. The molecule has 5 heteroatoms. The van der Waals surface area contributed by atoms with Gasteiger partial charge in [-0.05, 0) is 43.0 Å². The van der Waals surface area contributed by atoms with Crippen LogP contribution in [0.15, 0.2) is 55.0 Å². The summed E-state index contributed by atoms with van der Waals surface area (Å²) in [6.45, 7) is 0.744. The van der Waals surface area contributed by atoms with E-state index in [2.05, 4.69) is 21.4 Å². The van der Waals surface area contributed by atoms with Gasteiger partial charge in [-0.3, -0.25) is 4.98 Å². The van der Waals surface area contributed by atoms with Gasteiger partial charge in [-0.1, -0.05) is 29.8 Å². The Morgan fingerprint density at radius 2 is 2.04 bits per heavy atom. The smallest absolute Gasteiger partial charge is 0.160 e. The Balaban J connectivity index is 1.55. The zero-order valence-electron chi connectivity index (χ0n) is 13.8. The van der Waals surface area contributed by atoms with Crippen LogP contribution < -0.4 is 5.32 Å². The molecule has 0 spiro atoms. The van der Waals surface area contributed by atoms with E-state index in [-0.39, 0.29) is 6.04 Å². The minimum atomic E-state index is 0.267. The van der Waals surface area contributed by atoms with E-state index in [1.54, 1.807) is 12.4 Å². The van der Waals surface area contributed by atoms with Crippen LogP contribution in [0, 0.1) is 0 Å². The lowest BCUT2D eigenvalue weighted by molar-refractivity contribution is 0.452. The minimum Gasteiger partial charge on any atom is -0.306 e. The van der Waals surface area contributed by atoms with Gasteiger partial charge in [0.05, 0.1) is 0 Å². The number of hydrogen-bond acceptors (Lipinski definition) is 4. The average molecular weight is 351 g/mol. The maximum atomic E-state index is 6.26. The van der Waals surface area contributed by atoms with Gasteiger partial charge in [0, 0.05) is 53.0 Å². The third kappa shape index (κ3) is 3.55. The number of rotatable bonds is 4. The van der Waals surface area contributed by atoms with Crippen molar-refractivity contribution in [1.82, 2.24) is 20.3 Å². The Bertz CT molecular complexity index is 867. The van der Waals surface area contributed by atoms with Gasteiger partial charge in [0.25, 0.3) is 0 Å². The SMILES string of the molecule is Clc1ccccc1CNC1CCCc2nc(-c3cccnc3)ncc21. The molecule has 126 valence electrons. The van der Waals surface area contributed by atoms with Crippen LogP contribution in [0.4, 0.5) is 0 Å². The maximum Gasteiger partial charge on any atom is 0.160 e. The molecule has 25 heavy (non-hydrogen) atoms. The second-order valence-corrected chi connectivity index (χ2v) is 6.66. The van der Waals surface area contributed by atoms with Crippen molar-refractivity contribution < 1.29 is 0 Å². The monoisotopic (exact) mass is 350 g/mol. The summed E-state index contributed by atoms with van der Waals surface area (Å²) in [6, 6.07) is 12.1. The molecule has 3 aromatic rings. The zero-order valence-corrected chi connectivity index (χ0v) is 14.6. The summed E-state index contributed by atoms with van der Waals surface area (Å²) < 4.78 is 0. The number of hydrogen-bond donors (Lipinski definition) is 1. The molecular weight excluding hydrogens is 332 g/mol. The predicted octanol–water partition coefficient (Wildman–Crippen LogP) is 4.36. The van der Waals surface area contributed by atoms with Crippen LogP contribution in [0.5, 0.6) is 0 Å². The Labute approximate surface area is 152 Å². The van der Waals surface area contributed by atoms with Crippen LogP contribution in [-0.4, -0.2) is 15.0 Å². The molecule has 0 radical (unpaired) electrons. The van der Waals surface area contributed by atoms with Crippen LogP contribution >= 0.6 is 11.6 Å². The summed E-state index contributed by atoms with van der Waals surface area (Å²) in [7, 11) is 0. The third-order valence-corrected chi connectivity index (χ3v) is 4.97. The van der Waals surface area contributed by atoms with E-state index < -0.39 is 0 Å². The molecule has 1 aliphatic carbocycles. The van der Waals surface area contributed by atoms with E-state index >= 15 is 0 Å². The highest BCUT2D eigenvalue weighted by molar-refractivity contribution is 6.31. The summed E-state index contributed by atoms with van der Waals surface area (Å²) in [5.41, 5.74) is 4.41. The van der Waals surface area contributed by atoms with E-state index in [4.69, 9.17) is 16.6 Å². The molecule has 4 rings (SSSR count). The third-order valence-electron chi connectivity index (χ3n) is 4.60. The van der Waals surface area contributed by atoms with Crippen molar-refractivity contribution in [1.29, 1.82) is 0 Å². The van der Waals surface area contributed by atoms with Crippen molar-refractivity contribution in [3.8, 4) is 11.4 Å². The van der Waals surface area contributed by atoms with Gasteiger partial charge in [-0.2, -0.15) is 0 Å². The predicted molar refractivity (Wildman–Crippen MR) is 99.2 cm³/mol. The van der Waals surface area contributed by atoms with Crippen LogP contribution in [-0.2, 0) is 13.0 Å². The number of fused-ring (bicyclic) bond motifs is 1. The van der Waals surface area contributed by atoms with E-state index in [1.807, 2.05) is 36.5 Å². The highest BCUT2D eigenvalue weighted by atomic mass is 35.5. The average Bonchev–Trinajstić information content (AvgIpc) is 2.67. The molecular formula is C20H19ClN4. The molecule has 4 nitrogen and oxygen atoms in total. The Morgan fingerprint density at radius 1 is 1.12 bits per heavy atom. The van der Waals surface area contributed by atoms with Gasteiger partial charge in [0.1, 0.15) is 0 Å². The van der Waals surface area contributed by atoms with Gasteiger partial charge in [-0.15, -0.1) is 0 Å². The van der Waals surface area contributed by atoms with E-state index in [0.29, 0.717) is 0 Å². The van der Waals surface area contributed by atoms with E-state index in [0.717, 1.165) is 53.5 Å². The number of benzene rings is 1. The minimum absolute atomic E-state index is 0.267. The van der Waals surface area contributed by atoms with Crippen molar-refractivity contribution in [3.05, 3.63) is 76.8 Å². The molecule has 1 N–H and O–H groups in total. The number of aromatic nitrogens is 3. The van der Waals surface area contributed by atoms with Crippen molar-refractivity contribution >= 4 is 11.6 Å². The lowest BCUT2D eigenvalue weighted by Crippen LogP contribution is -2.26. The topological polar surface area (TPSA) is 50.7 Å². The number of nitrogens with one attached hydrogen (secondary N) is 1. The van der Waals surface area contributed by atoms with Crippen LogP contribution in [0.2, 0.25) is 5.02 Å². The van der Waals surface area contributed by atoms with Crippen molar-refractivity contribution in [2.75, 3.05) is 0 Å². The van der Waals surface area contributed by atoms with Gasteiger partial charge < -0.3 is 5.32 Å².